The molecule has 0 atom stereocenters. The van der Waals surface area contributed by atoms with E-state index in [1.807, 2.05) is 0 Å². The van der Waals surface area contributed by atoms with Crippen LogP contribution in [0.2, 0.25) is 5.02 Å². The molecular formula is C10H13ClN2O3. The average Bonchev–Trinajstić information content (AvgIpc) is 2.22. The molecule has 1 rings (SSSR count). The number of rotatable bonds is 6. The largest absolute Gasteiger partial charge is 0.481 e. The molecule has 1 aromatic rings. The maximum atomic E-state index is 11.2. The summed E-state index contributed by atoms with van der Waals surface area (Å²) >= 11 is 5.70. The molecule has 0 radical (unpaired) electrons. The fourth-order valence-electron chi connectivity index (χ4n) is 1.32. The molecule has 6 heteroatoms. The number of carbonyl (C=O) groups is 1. The number of aromatic nitrogens is 2. The molecule has 0 aliphatic heterocycles. The van der Waals surface area contributed by atoms with Crippen LogP contribution < -0.4 is 5.69 Å². The Morgan fingerprint density at radius 2 is 2.19 bits per heavy atom. The molecule has 0 aromatic carbocycles. The third kappa shape index (κ3) is 4.44. The smallest absolute Gasteiger partial charge is 0.347 e. The van der Waals surface area contributed by atoms with Gasteiger partial charge in [0.2, 0.25) is 0 Å². The van der Waals surface area contributed by atoms with E-state index in [4.69, 9.17) is 16.7 Å². The van der Waals surface area contributed by atoms with Gasteiger partial charge in [0, 0.05) is 19.2 Å². The second-order valence-corrected chi connectivity index (χ2v) is 3.89. The van der Waals surface area contributed by atoms with Crippen molar-refractivity contribution in [1.82, 2.24) is 9.55 Å². The van der Waals surface area contributed by atoms with Gasteiger partial charge in [-0.3, -0.25) is 9.36 Å². The van der Waals surface area contributed by atoms with Gasteiger partial charge in [0.15, 0.2) is 0 Å². The Labute approximate surface area is 97.7 Å². The zero-order valence-electron chi connectivity index (χ0n) is 8.73. The first-order chi connectivity index (χ1) is 7.59. The summed E-state index contributed by atoms with van der Waals surface area (Å²) in [5.41, 5.74) is -0.331. The van der Waals surface area contributed by atoms with Crippen molar-refractivity contribution in [2.24, 2.45) is 0 Å². The Balaban J connectivity index is 2.34. The summed E-state index contributed by atoms with van der Waals surface area (Å²) in [7, 11) is 0. The monoisotopic (exact) mass is 244 g/mol. The minimum atomic E-state index is -0.790. The standard InChI is InChI=1S/C10H13ClN2O3/c11-8-6-12-10(16)13(7-8)5-3-1-2-4-9(14)15/h6-7H,1-5H2,(H,14,15). The van der Waals surface area contributed by atoms with Crippen molar-refractivity contribution in [1.29, 1.82) is 0 Å². The summed E-state index contributed by atoms with van der Waals surface area (Å²) in [5.74, 6) is -0.790. The van der Waals surface area contributed by atoms with Gasteiger partial charge >= 0.3 is 11.7 Å². The first kappa shape index (κ1) is 12.7. The van der Waals surface area contributed by atoms with Crippen LogP contribution in [0.25, 0.3) is 0 Å². The van der Waals surface area contributed by atoms with Crippen molar-refractivity contribution in [3.63, 3.8) is 0 Å². The second-order valence-electron chi connectivity index (χ2n) is 3.45. The van der Waals surface area contributed by atoms with Gasteiger partial charge in [0.05, 0.1) is 11.2 Å². The predicted molar refractivity (Wildman–Crippen MR) is 59.6 cm³/mol. The van der Waals surface area contributed by atoms with E-state index < -0.39 is 5.97 Å². The fraction of sp³-hybridized carbons (Fsp3) is 0.500. The first-order valence-electron chi connectivity index (χ1n) is 5.03. The molecule has 16 heavy (non-hydrogen) atoms. The second kappa shape index (κ2) is 6.27. The highest BCUT2D eigenvalue weighted by atomic mass is 35.5. The van der Waals surface area contributed by atoms with Gasteiger partial charge in [-0.05, 0) is 12.8 Å². The molecule has 0 bridgehead atoms. The number of aryl methyl sites for hydroxylation is 1. The highest BCUT2D eigenvalue weighted by molar-refractivity contribution is 6.30. The van der Waals surface area contributed by atoms with Crippen LogP contribution in [-0.2, 0) is 11.3 Å². The van der Waals surface area contributed by atoms with Crippen LogP contribution in [0.5, 0.6) is 0 Å². The van der Waals surface area contributed by atoms with Gasteiger partial charge in [-0.15, -0.1) is 0 Å². The molecule has 5 nitrogen and oxygen atoms in total. The Kier molecular flexibility index (Phi) is 4.98. The number of unbranched alkanes of at least 4 members (excludes halogenated alkanes) is 2. The van der Waals surface area contributed by atoms with Crippen molar-refractivity contribution < 1.29 is 9.90 Å². The van der Waals surface area contributed by atoms with Crippen LogP contribution in [-0.4, -0.2) is 20.6 Å². The topological polar surface area (TPSA) is 72.2 Å². The minimum Gasteiger partial charge on any atom is -0.481 e. The lowest BCUT2D eigenvalue weighted by Gasteiger charge is -2.04. The van der Waals surface area contributed by atoms with Crippen LogP contribution in [0.4, 0.5) is 0 Å². The third-order valence-electron chi connectivity index (χ3n) is 2.11. The molecule has 0 aliphatic carbocycles. The molecular weight excluding hydrogens is 232 g/mol. The summed E-state index contributed by atoms with van der Waals surface area (Å²) in [6.07, 6.45) is 5.15. The number of hydrogen-bond donors (Lipinski definition) is 1. The van der Waals surface area contributed by atoms with Crippen LogP contribution in [0.15, 0.2) is 17.2 Å². The summed E-state index contributed by atoms with van der Waals surface area (Å²) in [5, 5.41) is 8.85. The van der Waals surface area contributed by atoms with Gasteiger partial charge in [0.25, 0.3) is 0 Å². The molecule has 88 valence electrons. The summed E-state index contributed by atoms with van der Waals surface area (Å²) in [6, 6.07) is 0. The van der Waals surface area contributed by atoms with E-state index in [0.29, 0.717) is 18.0 Å². The highest BCUT2D eigenvalue weighted by Gasteiger charge is 2.00. The average molecular weight is 245 g/mol. The van der Waals surface area contributed by atoms with Gasteiger partial charge < -0.3 is 5.11 Å². The molecule has 0 unspecified atom stereocenters. The van der Waals surface area contributed by atoms with Crippen LogP contribution in [0.1, 0.15) is 25.7 Å². The van der Waals surface area contributed by atoms with E-state index in [0.717, 1.165) is 12.8 Å². The third-order valence-corrected chi connectivity index (χ3v) is 2.31. The fourth-order valence-corrected chi connectivity index (χ4v) is 1.49. The van der Waals surface area contributed by atoms with Crippen LogP contribution >= 0.6 is 11.6 Å². The molecule has 0 aliphatic rings. The van der Waals surface area contributed by atoms with E-state index in [1.54, 1.807) is 0 Å². The Bertz CT molecular complexity index is 417. The van der Waals surface area contributed by atoms with Crippen LogP contribution in [0.3, 0.4) is 0 Å². The number of carboxylic acids is 1. The van der Waals surface area contributed by atoms with Crippen LogP contribution in [0, 0.1) is 0 Å². The van der Waals surface area contributed by atoms with Crippen molar-refractivity contribution in [3.8, 4) is 0 Å². The molecule has 1 N–H and O–H groups in total. The Morgan fingerprint density at radius 1 is 1.44 bits per heavy atom. The molecule has 0 amide bonds. The first-order valence-corrected chi connectivity index (χ1v) is 5.41. The lowest BCUT2D eigenvalue weighted by molar-refractivity contribution is -0.137. The molecule has 1 heterocycles. The highest BCUT2D eigenvalue weighted by Crippen LogP contribution is 2.04. The maximum absolute atomic E-state index is 11.2. The normalized spacial score (nSPS) is 10.3. The molecule has 0 saturated heterocycles. The predicted octanol–water partition coefficient (Wildman–Crippen LogP) is 1.54. The lowest BCUT2D eigenvalue weighted by atomic mass is 10.2. The Hall–Kier alpha value is -1.36. The van der Waals surface area contributed by atoms with Crippen molar-refractivity contribution in [2.45, 2.75) is 32.2 Å². The SMILES string of the molecule is O=C(O)CCCCCn1cc(Cl)cnc1=O. The molecule has 1 aromatic heterocycles. The van der Waals surface area contributed by atoms with Gasteiger partial charge in [-0.25, -0.2) is 9.78 Å². The number of nitrogens with zero attached hydrogens (tertiary/aromatic N) is 2. The molecule has 0 spiro atoms. The zero-order valence-corrected chi connectivity index (χ0v) is 9.48. The van der Waals surface area contributed by atoms with E-state index in [9.17, 15) is 9.59 Å². The van der Waals surface area contributed by atoms with Crippen molar-refractivity contribution >= 4 is 17.6 Å². The zero-order chi connectivity index (χ0) is 12.0. The number of aliphatic carboxylic acids is 1. The van der Waals surface area contributed by atoms with Gasteiger partial charge in [0.1, 0.15) is 0 Å². The Morgan fingerprint density at radius 3 is 2.88 bits per heavy atom. The van der Waals surface area contributed by atoms with Crippen molar-refractivity contribution in [2.75, 3.05) is 0 Å². The quantitative estimate of drug-likeness (QED) is 0.771. The summed E-state index contributed by atoms with van der Waals surface area (Å²) < 4.78 is 1.43. The number of carboxylic acid groups (broad SMARTS) is 1. The van der Waals surface area contributed by atoms with E-state index in [1.165, 1.54) is 17.0 Å². The van der Waals surface area contributed by atoms with Crippen molar-refractivity contribution in [3.05, 3.63) is 27.9 Å². The van der Waals surface area contributed by atoms with Gasteiger partial charge in [-0.2, -0.15) is 0 Å². The summed E-state index contributed by atoms with van der Waals surface area (Å²) in [4.78, 5) is 25.1. The summed E-state index contributed by atoms with van der Waals surface area (Å²) in [6.45, 7) is 0.520. The molecule has 0 saturated carbocycles. The number of halogens is 1. The maximum Gasteiger partial charge on any atom is 0.347 e. The lowest BCUT2D eigenvalue weighted by Crippen LogP contribution is -2.21. The minimum absolute atomic E-state index is 0.169. The number of hydrogen-bond acceptors (Lipinski definition) is 3. The van der Waals surface area contributed by atoms with E-state index >= 15 is 0 Å². The van der Waals surface area contributed by atoms with Gasteiger partial charge in [-0.1, -0.05) is 18.0 Å². The van der Waals surface area contributed by atoms with E-state index in [-0.39, 0.29) is 12.1 Å². The van der Waals surface area contributed by atoms with E-state index in [2.05, 4.69) is 4.98 Å². The molecule has 0 fully saturated rings.